The van der Waals surface area contributed by atoms with Gasteiger partial charge in [0.05, 0.1) is 14.2 Å². The number of alkyl halides is 2. The average Bonchev–Trinajstić information content (AvgIpc) is 2.34. The summed E-state index contributed by atoms with van der Waals surface area (Å²) < 4.78 is 36.7. The van der Waals surface area contributed by atoms with Gasteiger partial charge in [0, 0.05) is 36.4 Å². The summed E-state index contributed by atoms with van der Waals surface area (Å²) in [6, 6.07) is 5.20. The molecule has 0 aromatic heterocycles. The van der Waals surface area contributed by atoms with Crippen LogP contribution in [0.5, 0.6) is 11.5 Å². The van der Waals surface area contributed by atoms with Crippen LogP contribution in [0.2, 0.25) is 0 Å². The Balaban J connectivity index is 2.38. The first-order chi connectivity index (χ1) is 8.46. The summed E-state index contributed by atoms with van der Waals surface area (Å²) in [5.74, 6) is -1.44. The highest BCUT2D eigenvalue weighted by atomic mass is 19.3. The Kier molecular flexibility index (Phi) is 3.19. The van der Waals surface area contributed by atoms with E-state index in [1.54, 1.807) is 25.3 Å². The summed E-state index contributed by atoms with van der Waals surface area (Å²) in [7, 11) is 3.06. The molecule has 1 aliphatic carbocycles. The SMILES string of the molecule is COc1ccc(C2(CN)CC(F)(F)C2)c(OC)c1. The van der Waals surface area contributed by atoms with Gasteiger partial charge in [-0.15, -0.1) is 0 Å². The summed E-state index contributed by atoms with van der Waals surface area (Å²) in [5.41, 5.74) is 5.75. The second-order valence-corrected chi connectivity index (χ2v) is 4.76. The Morgan fingerprint density at radius 2 is 1.89 bits per heavy atom. The van der Waals surface area contributed by atoms with Gasteiger partial charge < -0.3 is 15.2 Å². The number of benzene rings is 1. The van der Waals surface area contributed by atoms with Crippen molar-refractivity contribution in [2.45, 2.75) is 24.2 Å². The molecule has 0 bridgehead atoms. The van der Waals surface area contributed by atoms with Gasteiger partial charge in [-0.2, -0.15) is 0 Å². The first-order valence-corrected chi connectivity index (χ1v) is 5.77. The third kappa shape index (κ3) is 2.03. The molecule has 100 valence electrons. The molecular formula is C13H17F2NO2. The number of rotatable bonds is 4. The Hall–Kier alpha value is -1.36. The molecule has 0 radical (unpaired) electrons. The standard InChI is InChI=1S/C13H17F2NO2/c1-17-9-3-4-10(11(5-9)18-2)12(8-16)6-13(14,15)7-12/h3-5H,6-8,16H2,1-2H3. The van der Waals surface area contributed by atoms with Crippen LogP contribution >= 0.6 is 0 Å². The Morgan fingerprint density at radius 1 is 1.22 bits per heavy atom. The molecule has 1 aromatic rings. The van der Waals surface area contributed by atoms with Gasteiger partial charge in [-0.25, -0.2) is 8.78 Å². The fourth-order valence-corrected chi connectivity index (χ4v) is 2.62. The minimum atomic E-state index is -2.62. The van der Waals surface area contributed by atoms with Gasteiger partial charge in [-0.1, -0.05) is 6.07 Å². The van der Waals surface area contributed by atoms with Crippen molar-refractivity contribution in [2.75, 3.05) is 20.8 Å². The molecule has 5 heteroatoms. The van der Waals surface area contributed by atoms with Crippen molar-refractivity contribution >= 4 is 0 Å². The maximum atomic E-state index is 13.2. The van der Waals surface area contributed by atoms with E-state index in [0.717, 1.165) is 5.56 Å². The smallest absolute Gasteiger partial charge is 0.250 e. The molecule has 0 saturated heterocycles. The predicted octanol–water partition coefficient (Wildman–Crippen LogP) is 2.33. The van der Waals surface area contributed by atoms with E-state index in [1.807, 2.05) is 0 Å². The number of methoxy groups -OCH3 is 2. The first-order valence-electron chi connectivity index (χ1n) is 5.77. The third-order valence-electron chi connectivity index (χ3n) is 3.56. The summed E-state index contributed by atoms with van der Waals surface area (Å²) in [6.07, 6.45) is -0.446. The quantitative estimate of drug-likeness (QED) is 0.900. The third-order valence-corrected chi connectivity index (χ3v) is 3.56. The molecule has 1 saturated carbocycles. The van der Waals surface area contributed by atoms with Crippen LogP contribution in [0.15, 0.2) is 18.2 Å². The van der Waals surface area contributed by atoms with E-state index in [1.165, 1.54) is 7.11 Å². The second-order valence-electron chi connectivity index (χ2n) is 4.76. The number of hydrogen-bond donors (Lipinski definition) is 1. The highest BCUT2D eigenvalue weighted by Crippen LogP contribution is 2.55. The van der Waals surface area contributed by atoms with Crippen molar-refractivity contribution in [1.29, 1.82) is 0 Å². The van der Waals surface area contributed by atoms with Crippen molar-refractivity contribution in [3.8, 4) is 11.5 Å². The maximum Gasteiger partial charge on any atom is 0.250 e. The lowest BCUT2D eigenvalue weighted by Gasteiger charge is -2.47. The van der Waals surface area contributed by atoms with E-state index in [-0.39, 0.29) is 19.4 Å². The van der Waals surface area contributed by atoms with Crippen LogP contribution in [0.1, 0.15) is 18.4 Å². The van der Waals surface area contributed by atoms with E-state index >= 15 is 0 Å². The maximum absolute atomic E-state index is 13.2. The summed E-state index contributed by atoms with van der Waals surface area (Å²) >= 11 is 0. The lowest BCUT2D eigenvalue weighted by molar-refractivity contribution is -0.124. The average molecular weight is 257 g/mol. The van der Waals surface area contributed by atoms with Crippen LogP contribution < -0.4 is 15.2 Å². The largest absolute Gasteiger partial charge is 0.497 e. The van der Waals surface area contributed by atoms with Crippen LogP contribution in [0, 0.1) is 0 Å². The minimum Gasteiger partial charge on any atom is -0.497 e. The van der Waals surface area contributed by atoms with Gasteiger partial charge in [0.15, 0.2) is 0 Å². The van der Waals surface area contributed by atoms with Crippen LogP contribution in [-0.2, 0) is 5.41 Å². The second kappa shape index (κ2) is 4.39. The van der Waals surface area contributed by atoms with E-state index in [4.69, 9.17) is 15.2 Å². The number of halogens is 2. The fraction of sp³-hybridized carbons (Fsp3) is 0.538. The molecule has 0 heterocycles. The highest BCUT2D eigenvalue weighted by molar-refractivity contribution is 5.47. The molecule has 18 heavy (non-hydrogen) atoms. The molecule has 0 spiro atoms. The van der Waals surface area contributed by atoms with Crippen LogP contribution in [-0.4, -0.2) is 26.7 Å². The van der Waals surface area contributed by atoms with E-state index in [9.17, 15) is 8.78 Å². The zero-order valence-electron chi connectivity index (χ0n) is 10.5. The van der Waals surface area contributed by atoms with Gasteiger partial charge in [0.1, 0.15) is 11.5 Å². The Morgan fingerprint density at radius 3 is 2.33 bits per heavy atom. The molecule has 1 aromatic carbocycles. The molecule has 0 unspecified atom stereocenters. The lowest BCUT2D eigenvalue weighted by Crippen LogP contribution is -2.53. The van der Waals surface area contributed by atoms with Crippen molar-refractivity contribution in [2.24, 2.45) is 5.73 Å². The Labute approximate surface area is 105 Å². The first kappa shape index (κ1) is 13.1. The lowest BCUT2D eigenvalue weighted by atomic mass is 9.62. The zero-order valence-corrected chi connectivity index (χ0v) is 10.5. The minimum absolute atomic E-state index is 0.186. The molecule has 0 atom stereocenters. The van der Waals surface area contributed by atoms with Gasteiger partial charge in [0.25, 0.3) is 0 Å². The number of hydrogen-bond acceptors (Lipinski definition) is 3. The molecule has 1 aliphatic rings. The molecular weight excluding hydrogens is 240 g/mol. The van der Waals surface area contributed by atoms with Crippen molar-refractivity contribution in [1.82, 2.24) is 0 Å². The Bertz CT molecular complexity index is 441. The summed E-state index contributed by atoms with van der Waals surface area (Å²) in [5, 5.41) is 0. The molecule has 1 fully saturated rings. The van der Waals surface area contributed by atoms with E-state index < -0.39 is 11.3 Å². The van der Waals surface area contributed by atoms with E-state index in [2.05, 4.69) is 0 Å². The normalized spacial score (nSPS) is 20.1. The summed E-state index contributed by atoms with van der Waals surface area (Å²) in [4.78, 5) is 0. The molecule has 2 N–H and O–H groups in total. The van der Waals surface area contributed by atoms with Crippen molar-refractivity contribution < 1.29 is 18.3 Å². The number of nitrogens with two attached hydrogens (primary N) is 1. The van der Waals surface area contributed by atoms with Gasteiger partial charge in [0.2, 0.25) is 5.92 Å². The summed E-state index contributed by atoms with van der Waals surface area (Å²) in [6.45, 7) is 0.186. The van der Waals surface area contributed by atoms with Crippen LogP contribution in [0.3, 0.4) is 0 Å². The van der Waals surface area contributed by atoms with Crippen molar-refractivity contribution in [3.05, 3.63) is 23.8 Å². The molecule has 0 aliphatic heterocycles. The predicted molar refractivity (Wildman–Crippen MR) is 64.5 cm³/mol. The molecule has 2 rings (SSSR count). The fourth-order valence-electron chi connectivity index (χ4n) is 2.62. The van der Waals surface area contributed by atoms with Gasteiger partial charge in [-0.3, -0.25) is 0 Å². The molecule has 3 nitrogen and oxygen atoms in total. The molecule has 0 amide bonds. The van der Waals surface area contributed by atoms with Crippen molar-refractivity contribution in [3.63, 3.8) is 0 Å². The van der Waals surface area contributed by atoms with Crippen LogP contribution in [0.25, 0.3) is 0 Å². The highest BCUT2D eigenvalue weighted by Gasteiger charge is 2.57. The topological polar surface area (TPSA) is 44.5 Å². The zero-order chi connectivity index (χ0) is 13.4. The van der Waals surface area contributed by atoms with Crippen LogP contribution in [0.4, 0.5) is 8.78 Å². The monoisotopic (exact) mass is 257 g/mol. The number of ether oxygens (including phenoxy) is 2. The van der Waals surface area contributed by atoms with Gasteiger partial charge in [-0.05, 0) is 6.07 Å². The van der Waals surface area contributed by atoms with Gasteiger partial charge >= 0.3 is 0 Å². The van der Waals surface area contributed by atoms with E-state index in [0.29, 0.717) is 11.5 Å².